The number of hydrogen-bond donors (Lipinski definition) is 2. The third-order valence-corrected chi connectivity index (χ3v) is 6.16. The van der Waals surface area contributed by atoms with E-state index in [0.29, 0.717) is 6.04 Å². The highest BCUT2D eigenvalue weighted by Gasteiger charge is 2.28. The van der Waals surface area contributed by atoms with Gasteiger partial charge in [-0.15, -0.1) is 0 Å². The summed E-state index contributed by atoms with van der Waals surface area (Å²) in [6.45, 7) is 10.0. The van der Waals surface area contributed by atoms with Gasteiger partial charge in [0.25, 0.3) is 0 Å². The fourth-order valence-electron chi connectivity index (χ4n) is 4.62. The molecule has 1 saturated carbocycles. The Balaban J connectivity index is 1.30. The van der Waals surface area contributed by atoms with Gasteiger partial charge in [0.15, 0.2) is 0 Å². The van der Waals surface area contributed by atoms with Gasteiger partial charge >= 0.3 is 0 Å². The maximum Gasteiger partial charge on any atom is 0.0619 e. The average molecular weight is 309 g/mol. The predicted octanol–water partition coefficient (Wildman–Crippen LogP) is 1.86. The van der Waals surface area contributed by atoms with Crippen LogP contribution in [0.3, 0.4) is 0 Å². The van der Waals surface area contributed by atoms with Gasteiger partial charge in [0.05, 0.1) is 13.2 Å². The Morgan fingerprint density at radius 1 is 1.05 bits per heavy atom. The summed E-state index contributed by atoms with van der Waals surface area (Å²) in [5.74, 6) is 2.02. The van der Waals surface area contributed by atoms with Crippen molar-refractivity contribution < 1.29 is 4.74 Å². The molecule has 128 valence electrons. The molecule has 0 aromatic carbocycles. The van der Waals surface area contributed by atoms with Crippen LogP contribution in [0.4, 0.5) is 0 Å². The van der Waals surface area contributed by atoms with Gasteiger partial charge in [0, 0.05) is 31.7 Å². The van der Waals surface area contributed by atoms with Gasteiger partial charge in [-0.2, -0.15) is 0 Å². The molecular formula is C18H35N3O. The highest BCUT2D eigenvalue weighted by Crippen LogP contribution is 2.34. The summed E-state index contributed by atoms with van der Waals surface area (Å²) in [5, 5.41) is 7.32. The maximum atomic E-state index is 5.51. The number of morpholine rings is 1. The number of rotatable bonds is 5. The first kappa shape index (κ1) is 16.7. The minimum absolute atomic E-state index is 0.589. The number of nitrogens with zero attached hydrogens (tertiary/aromatic N) is 1. The van der Waals surface area contributed by atoms with Crippen molar-refractivity contribution in [2.24, 2.45) is 11.8 Å². The van der Waals surface area contributed by atoms with Crippen LogP contribution in [-0.4, -0.2) is 62.9 Å². The first-order valence-electron chi connectivity index (χ1n) is 9.59. The van der Waals surface area contributed by atoms with E-state index in [9.17, 15) is 0 Å². The number of ether oxygens (including phenoxy) is 1. The molecule has 3 fully saturated rings. The zero-order valence-corrected chi connectivity index (χ0v) is 14.4. The summed E-state index contributed by atoms with van der Waals surface area (Å²) in [5.41, 5.74) is 0. The second kappa shape index (κ2) is 8.62. The lowest BCUT2D eigenvalue weighted by atomic mass is 9.75. The molecule has 0 bridgehead atoms. The van der Waals surface area contributed by atoms with Crippen LogP contribution < -0.4 is 10.6 Å². The SMILES string of the molecule is CC1COCCN1CCNC1CCC(C2CCNCC2)CC1. The van der Waals surface area contributed by atoms with E-state index in [1.807, 2.05) is 0 Å². The molecule has 0 spiro atoms. The van der Waals surface area contributed by atoms with Crippen molar-refractivity contribution in [2.75, 3.05) is 45.9 Å². The van der Waals surface area contributed by atoms with Gasteiger partial charge in [-0.05, 0) is 70.4 Å². The van der Waals surface area contributed by atoms with Crippen LogP contribution in [0.5, 0.6) is 0 Å². The first-order chi connectivity index (χ1) is 10.8. The molecule has 22 heavy (non-hydrogen) atoms. The standard InChI is InChI=1S/C18H35N3O/c1-15-14-22-13-12-21(15)11-10-20-18-4-2-16(3-5-18)17-6-8-19-9-7-17/h15-20H,2-14H2,1H3. The molecule has 1 atom stereocenters. The van der Waals surface area contributed by atoms with Crippen LogP contribution in [0.1, 0.15) is 45.4 Å². The van der Waals surface area contributed by atoms with Crippen LogP contribution >= 0.6 is 0 Å². The van der Waals surface area contributed by atoms with Crippen molar-refractivity contribution in [3.63, 3.8) is 0 Å². The Morgan fingerprint density at radius 2 is 1.77 bits per heavy atom. The Hall–Kier alpha value is -0.160. The van der Waals surface area contributed by atoms with Crippen LogP contribution in [0.15, 0.2) is 0 Å². The molecule has 3 aliphatic rings. The van der Waals surface area contributed by atoms with E-state index in [-0.39, 0.29) is 0 Å². The summed E-state index contributed by atoms with van der Waals surface area (Å²) in [6.07, 6.45) is 8.53. The third kappa shape index (κ3) is 4.67. The Kier molecular flexibility index (Phi) is 6.54. The molecule has 1 aliphatic carbocycles. The lowest BCUT2D eigenvalue weighted by molar-refractivity contribution is -0.0000585. The lowest BCUT2D eigenvalue weighted by Gasteiger charge is -2.37. The molecule has 2 saturated heterocycles. The second-order valence-corrected chi connectivity index (χ2v) is 7.61. The zero-order valence-electron chi connectivity index (χ0n) is 14.4. The summed E-state index contributed by atoms with van der Waals surface area (Å²) in [4.78, 5) is 2.57. The van der Waals surface area contributed by atoms with Crippen molar-refractivity contribution in [3.05, 3.63) is 0 Å². The van der Waals surface area contributed by atoms with Crippen LogP contribution in [0, 0.1) is 11.8 Å². The molecule has 2 N–H and O–H groups in total. The minimum atomic E-state index is 0.589. The molecule has 4 nitrogen and oxygen atoms in total. The molecule has 3 rings (SSSR count). The normalized spacial score (nSPS) is 35.6. The Labute approximate surface area is 136 Å². The van der Waals surface area contributed by atoms with E-state index in [4.69, 9.17) is 4.74 Å². The summed E-state index contributed by atoms with van der Waals surface area (Å²) < 4.78 is 5.51. The van der Waals surface area contributed by atoms with Gasteiger partial charge in [0.1, 0.15) is 0 Å². The Morgan fingerprint density at radius 3 is 2.50 bits per heavy atom. The summed E-state index contributed by atoms with van der Waals surface area (Å²) in [7, 11) is 0. The first-order valence-corrected chi connectivity index (χ1v) is 9.59. The molecule has 1 unspecified atom stereocenters. The fourth-order valence-corrected chi connectivity index (χ4v) is 4.62. The van der Waals surface area contributed by atoms with Crippen molar-refractivity contribution in [3.8, 4) is 0 Å². The molecule has 2 aliphatic heterocycles. The van der Waals surface area contributed by atoms with Crippen LogP contribution in [0.25, 0.3) is 0 Å². The number of piperidine rings is 1. The van der Waals surface area contributed by atoms with Crippen molar-refractivity contribution >= 4 is 0 Å². The smallest absolute Gasteiger partial charge is 0.0619 e. The van der Waals surface area contributed by atoms with Crippen LogP contribution in [0.2, 0.25) is 0 Å². The molecular weight excluding hydrogens is 274 g/mol. The highest BCUT2D eigenvalue weighted by molar-refractivity contribution is 4.83. The van der Waals surface area contributed by atoms with Gasteiger partial charge in [-0.3, -0.25) is 4.90 Å². The quantitative estimate of drug-likeness (QED) is 0.813. The van der Waals surface area contributed by atoms with Gasteiger partial charge in [0.2, 0.25) is 0 Å². The molecule has 2 heterocycles. The molecule has 0 radical (unpaired) electrons. The van der Waals surface area contributed by atoms with Gasteiger partial charge < -0.3 is 15.4 Å². The largest absolute Gasteiger partial charge is 0.379 e. The van der Waals surface area contributed by atoms with Crippen molar-refractivity contribution in [1.82, 2.24) is 15.5 Å². The highest BCUT2D eigenvalue weighted by atomic mass is 16.5. The summed E-state index contributed by atoms with van der Waals surface area (Å²) >= 11 is 0. The topological polar surface area (TPSA) is 36.5 Å². The van der Waals surface area contributed by atoms with E-state index in [0.717, 1.165) is 44.2 Å². The molecule has 4 heteroatoms. The molecule has 0 amide bonds. The fraction of sp³-hybridized carbons (Fsp3) is 1.00. The lowest BCUT2D eigenvalue weighted by Crippen LogP contribution is -2.47. The summed E-state index contributed by atoms with van der Waals surface area (Å²) in [6, 6.07) is 1.36. The van der Waals surface area contributed by atoms with Gasteiger partial charge in [-0.25, -0.2) is 0 Å². The van der Waals surface area contributed by atoms with Crippen molar-refractivity contribution in [1.29, 1.82) is 0 Å². The second-order valence-electron chi connectivity index (χ2n) is 7.61. The predicted molar refractivity (Wildman–Crippen MR) is 91.2 cm³/mol. The van der Waals surface area contributed by atoms with E-state index < -0.39 is 0 Å². The zero-order chi connectivity index (χ0) is 15.2. The van der Waals surface area contributed by atoms with E-state index in [1.54, 1.807) is 0 Å². The Bertz CT molecular complexity index is 311. The third-order valence-electron chi connectivity index (χ3n) is 6.16. The minimum Gasteiger partial charge on any atom is -0.379 e. The molecule has 0 aromatic rings. The van der Waals surface area contributed by atoms with Gasteiger partial charge in [-0.1, -0.05) is 0 Å². The van der Waals surface area contributed by atoms with Crippen molar-refractivity contribution in [2.45, 2.75) is 57.5 Å². The van der Waals surface area contributed by atoms with E-state index in [1.165, 1.54) is 58.2 Å². The molecule has 0 aromatic heterocycles. The van der Waals surface area contributed by atoms with Crippen LogP contribution in [-0.2, 0) is 4.74 Å². The number of nitrogens with one attached hydrogen (secondary N) is 2. The van der Waals surface area contributed by atoms with E-state index >= 15 is 0 Å². The monoisotopic (exact) mass is 309 g/mol. The average Bonchev–Trinajstić information content (AvgIpc) is 2.58. The number of hydrogen-bond acceptors (Lipinski definition) is 4. The van der Waals surface area contributed by atoms with E-state index in [2.05, 4.69) is 22.5 Å². The maximum absolute atomic E-state index is 5.51.